The molecule has 4 rings (SSSR count). The maximum Gasteiger partial charge on any atom is 0.267 e. The van der Waals surface area contributed by atoms with Crippen LogP contribution in [0, 0.1) is 12.7 Å². The molecule has 1 aliphatic heterocycles. The lowest BCUT2D eigenvalue weighted by Crippen LogP contribution is -2.46. The normalized spacial score (nSPS) is 17.3. The van der Waals surface area contributed by atoms with E-state index in [4.69, 9.17) is 34.8 Å². The van der Waals surface area contributed by atoms with Gasteiger partial charge in [-0.2, -0.15) is 0 Å². The summed E-state index contributed by atoms with van der Waals surface area (Å²) < 4.78 is 40.5. The highest BCUT2D eigenvalue weighted by atomic mass is 35.5. The fourth-order valence-electron chi connectivity index (χ4n) is 3.81. The summed E-state index contributed by atoms with van der Waals surface area (Å²) in [4.78, 5) is 16.6. The SMILES string of the molecule is Cc1c(Cl)ccc(N2CCN(Cc3cc(F)c(C(=O)NS(=O)(=O)C4CC4)cc3Cl)CC2)c1Cl. The van der Waals surface area contributed by atoms with Gasteiger partial charge in [0.1, 0.15) is 5.82 Å². The van der Waals surface area contributed by atoms with Crippen LogP contribution in [0.4, 0.5) is 10.1 Å². The second-order valence-corrected chi connectivity index (χ2v) is 11.5. The van der Waals surface area contributed by atoms with Crippen LogP contribution in [0.2, 0.25) is 15.1 Å². The third-order valence-corrected chi connectivity index (χ3v) is 9.04. The van der Waals surface area contributed by atoms with Gasteiger partial charge in [-0.1, -0.05) is 34.8 Å². The quantitative estimate of drug-likeness (QED) is 0.585. The van der Waals surface area contributed by atoms with Crippen molar-refractivity contribution in [2.45, 2.75) is 31.6 Å². The number of amides is 1. The Labute approximate surface area is 207 Å². The number of sulfonamides is 1. The van der Waals surface area contributed by atoms with Crippen LogP contribution in [0.1, 0.15) is 34.3 Å². The van der Waals surface area contributed by atoms with Crippen LogP contribution in [-0.2, 0) is 16.6 Å². The predicted octanol–water partition coefficient (Wildman–Crippen LogP) is 4.64. The number of halogens is 4. The molecule has 1 N–H and O–H groups in total. The first-order chi connectivity index (χ1) is 15.6. The van der Waals surface area contributed by atoms with Gasteiger partial charge in [-0.05, 0) is 55.2 Å². The molecule has 1 heterocycles. The molecule has 1 amide bonds. The van der Waals surface area contributed by atoms with Crippen molar-refractivity contribution < 1.29 is 17.6 Å². The zero-order valence-corrected chi connectivity index (χ0v) is 21.0. The van der Waals surface area contributed by atoms with E-state index in [0.29, 0.717) is 48.1 Å². The lowest BCUT2D eigenvalue weighted by Gasteiger charge is -2.37. The molecule has 178 valence electrons. The van der Waals surface area contributed by atoms with Crippen LogP contribution in [0.5, 0.6) is 0 Å². The van der Waals surface area contributed by atoms with Gasteiger partial charge in [0.05, 0.1) is 21.5 Å². The third kappa shape index (κ3) is 5.41. The Bertz CT molecular complexity index is 1200. The Hall–Kier alpha value is -1.58. The summed E-state index contributed by atoms with van der Waals surface area (Å²) in [7, 11) is -3.77. The maximum atomic E-state index is 14.7. The van der Waals surface area contributed by atoms with Crippen molar-refractivity contribution in [1.29, 1.82) is 0 Å². The summed E-state index contributed by atoms with van der Waals surface area (Å²) in [6.45, 7) is 5.14. The Morgan fingerprint density at radius 3 is 2.39 bits per heavy atom. The fraction of sp³-hybridized carbons (Fsp3) is 0.409. The number of nitrogens with zero attached hydrogens (tertiary/aromatic N) is 2. The van der Waals surface area contributed by atoms with Crippen LogP contribution in [0.3, 0.4) is 0 Å². The van der Waals surface area contributed by atoms with Gasteiger partial charge in [-0.3, -0.25) is 9.69 Å². The van der Waals surface area contributed by atoms with E-state index in [1.807, 2.05) is 23.8 Å². The standard InChI is InChI=1S/C22H23Cl3FN3O3S/c1-13-17(23)4-5-20(21(13)25)29-8-6-28(7-9-29)12-14-10-19(26)16(11-18(14)24)22(30)27-33(31,32)15-2-3-15/h4-5,10-11,15H,2-3,6-9,12H2,1H3,(H,27,30). The molecule has 2 aromatic rings. The summed E-state index contributed by atoms with van der Waals surface area (Å²) in [5.74, 6) is -1.81. The van der Waals surface area contributed by atoms with Crippen molar-refractivity contribution in [3.05, 3.63) is 61.8 Å². The molecule has 0 atom stereocenters. The van der Waals surface area contributed by atoms with E-state index >= 15 is 0 Å². The molecule has 11 heteroatoms. The fourth-order valence-corrected chi connectivity index (χ4v) is 5.81. The molecule has 2 fully saturated rings. The number of anilines is 1. The van der Waals surface area contributed by atoms with Crippen LogP contribution < -0.4 is 9.62 Å². The highest BCUT2D eigenvalue weighted by Crippen LogP contribution is 2.34. The summed E-state index contributed by atoms with van der Waals surface area (Å²) in [5.41, 5.74) is 1.92. The Morgan fingerprint density at radius 2 is 1.76 bits per heavy atom. The Kier molecular flexibility index (Phi) is 7.13. The van der Waals surface area contributed by atoms with Crippen LogP contribution in [0.25, 0.3) is 0 Å². The summed E-state index contributed by atoms with van der Waals surface area (Å²) in [6, 6.07) is 6.14. The smallest absolute Gasteiger partial charge is 0.267 e. The van der Waals surface area contributed by atoms with Crippen LogP contribution >= 0.6 is 34.8 Å². The number of carbonyl (C=O) groups is 1. The van der Waals surface area contributed by atoms with E-state index in [9.17, 15) is 17.6 Å². The minimum atomic E-state index is -3.77. The molecule has 0 bridgehead atoms. The summed E-state index contributed by atoms with van der Waals surface area (Å²) in [5, 5.41) is 0.897. The zero-order valence-electron chi connectivity index (χ0n) is 17.9. The van der Waals surface area contributed by atoms with Gasteiger partial charge in [0.25, 0.3) is 5.91 Å². The van der Waals surface area contributed by atoms with Crippen molar-refractivity contribution >= 4 is 56.4 Å². The summed E-state index contributed by atoms with van der Waals surface area (Å²) >= 11 is 18.9. The molecule has 0 unspecified atom stereocenters. The van der Waals surface area contributed by atoms with E-state index in [1.54, 1.807) is 0 Å². The number of carbonyl (C=O) groups excluding carboxylic acids is 1. The molecule has 0 radical (unpaired) electrons. The second-order valence-electron chi connectivity index (χ2n) is 8.37. The molecule has 2 aromatic carbocycles. The van der Waals surface area contributed by atoms with E-state index in [1.165, 1.54) is 12.1 Å². The highest BCUT2D eigenvalue weighted by molar-refractivity contribution is 7.91. The number of rotatable bonds is 6. The first-order valence-corrected chi connectivity index (χ1v) is 13.2. The van der Waals surface area contributed by atoms with Crippen molar-refractivity contribution in [1.82, 2.24) is 9.62 Å². The van der Waals surface area contributed by atoms with E-state index < -0.39 is 27.0 Å². The van der Waals surface area contributed by atoms with Gasteiger partial charge < -0.3 is 4.90 Å². The molecule has 1 saturated heterocycles. The maximum absolute atomic E-state index is 14.7. The molecule has 0 spiro atoms. The zero-order chi connectivity index (χ0) is 23.9. The van der Waals surface area contributed by atoms with Crippen molar-refractivity contribution in [3.8, 4) is 0 Å². The van der Waals surface area contributed by atoms with E-state index in [2.05, 4.69) is 9.80 Å². The Morgan fingerprint density at radius 1 is 1.09 bits per heavy atom. The molecule has 2 aliphatic rings. The minimum absolute atomic E-state index is 0.212. The topological polar surface area (TPSA) is 69.7 Å². The highest BCUT2D eigenvalue weighted by Gasteiger charge is 2.37. The minimum Gasteiger partial charge on any atom is -0.368 e. The molecule has 6 nitrogen and oxygen atoms in total. The third-order valence-electron chi connectivity index (χ3n) is 5.99. The van der Waals surface area contributed by atoms with Gasteiger partial charge in [0, 0.05) is 42.8 Å². The number of piperazine rings is 1. The van der Waals surface area contributed by atoms with Gasteiger partial charge in [-0.25, -0.2) is 17.5 Å². The lowest BCUT2D eigenvalue weighted by atomic mass is 10.1. The number of benzene rings is 2. The number of hydrogen-bond donors (Lipinski definition) is 1. The average molecular weight is 535 g/mol. The monoisotopic (exact) mass is 533 g/mol. The largest absolute Gasteiger partial charge is 0.368 e. The molecule has 1 saturated carbocycles. The number of hydrogen-bond acceptors (Lipinski definition) is 5. The van der Waals surface area contributed by atoms with Crippen molar-refractivity contribution in [3.63, 3.8) is 0 Å². The van der Waals surface area contributed by atoms with Crippen molar-refractivity contribution in [2.24, 2.45) is 0 Å². The molecule has 1 aliphatic carbocycles. The van der Waals surface area contributed by atoms with Crippen LogP contribution in [0.15, 0.2) is 24.3 Å². The van der Waals surface area contributed by atoms with Crippen molar-refractivity contribution in [2.75, 3.05) is 31.1 Å². The van der Waals surface area contributed by atoms with Gasteiger partial charge in [-0.15, -0.1) is 0 Å². The molecule has 33 heavy (non-hydrogen) atoms. The van der Waals surface area contributed by atoms with E-state index in [0.717, 1.165) is 24.3 Å². The second kappa shape index (κ2) is 9.58. The van der Waals surface area contributed by atoms with Gasteiger partial charge in [0.15, 0.2) is 0 Å². The molecular formula is C22H23Cl3FN3O3S. The van der Waals surface area contributed by atoms with Gasteiger partial charge >= 0.3 is 0 Å². The first-order valence-electron chi connectivity index (χ1n) is 10.5. The molecular weight excluding hydrogens is 512 g/mol. The van der Waals surface area contributed by atoms with E-state index in [-0.39, 0.29) is 10.6 Å². The number of nitrogens with one attached hydrogen (secondary N) is 1. The first kappa shape index (κ1) is 24.5. The summed E-state index contributed by atoms with van der Waals surface area (Å²) in [6.07, 6.45) is 1.00. The van der Waals surface area contributed by atoms with Crippen LogP contribution in [-0.4, -0.2) is 50.7 Å². The molecule has 0 aromatic heterocycles. The predicted molar refractivity (Wildman–Crippen MR) is 130 cm³/mol. The van der Waals surface area contributed by atoms with Gasteiger partial charge in [0.2, 0.25) is 10.0 Å². The average Bonchev–Trinajstić information content (AvgIpc) is 3.61. The Balaban J connectivity index is 1.40. The lowest BCUT2D eigenvalue weighted by molar-refractivity contribution is 0.0977.